The first-order chi connectivity index (χ1) is 7.45. The molecule has 0 spiro atoms. The van der Waals surface area contributed by atoms with Gasteiger partial charge in [0.1, 0.15) is 6.04 Å². The number of nitrogens with zero attached hydrogens (tertiary/aromatic N) is 1. The van der Waals surface area contributed by atoms with Crippen LogP contribution in [0.15, 0.2) is 0 Å². The number of halogens is 3. The van der Waals surface area contributed by atoms with Crippen molar-refractivity contribution >= 4 is 5.97 Å². The summed E-state index contributed by atoms with van der Waals surface area (Å²) in [6.07, 6.45) is -5.04. The lowest BCUT2D eigenvalue weighted by Gasteiger charge is -2.35. The largest absolute Gasteiger partial charge is 0.469 e. The van der Waals surface area contributed by atoms with Crippen molar-refractivity contribution in [1.29, 1.82) is 0 Å². The third-order valence-corrected chi connectivity index (χ3v) is 2.56. The predicted molar refractivity (Wildman–Crippen MR) is 50.9 cm³/mol. The summed E-state index contributed by atoms with van der Waals surface area (Å²) in [5.74, 6) is -0.833. The van der Waals surface area contributed by atoms with E-state index >= 15 is 0 Å². The van der Waals surface area contributed by atoms with Gasteiger partial charge in [-0.2, -0.15) is 13.2 Å². The van der Waals surface area contributed by atoms with Crippen LogP contribution >= 0.6 is 0 Å². The lowest BCUT2D eigenvalue weighted by atomic mass is 10.1. The normalized spacial score (nSPS) is 20.5. The molecule has 0 aromatic rings. The zero-order chi connectivity index (χ0) is 12.2. The number of hydrogen-bond acceptors (Lipinski definition) is 4. The quantitative estimate of drug-likeness (QED) is 0.724. The van der Waals surface area contributed by atoms with E-state index in [1.165, 1.54) is 4.90 Å². The molecule has 1 aliphatic heterocycles. The van der Waals surface area contributed by atoms with Crippen molar-refractivity contribution in [2.45, 2.75) is 18.6 Å². The zero-order valence-electron chi connectivity index (χ0n) is 9.01. The molecular weight excluding hydrogens is 225 g/mol. The van der Waals surface area contributed by atoms with Crippen molar-refractivity contribution in [2.75, 3.05) is 33.3 Å². The lowest BCUT2D eigenvalue weighted by molar-refractivity contribution is -0.192. The van der Waals surface area contributed by atoms with E-state index in [4.69, 9.17) is 0 Å². The topological polar surface area (TPSA) is 41.6 Å². The number of hydrogen-bond donors (Lipinski definition) is 1. The van der Waals surface area contributed by atoms with E-state index in [1.54, 1.807) is 0 Å². The molecular formula is C9H15F3N2O2. The van der Waals surface area contributed by atoms with Gasteiger partial charge in [-0.05, 0) is 0 Å². The molecule has 1 fully saturated rings. The first-order valence-electron chi connectivity index (χ1n) is 5.03. The van der Waals surface area contributed by atoms with Gasteiger partial charge in [0.2, 0.25) is 0 Å². The number of methoxy groups -OCH3 is 1. The maximum Gasteiger partial charge on any atom is 0.404 e. The zero-order valence-corrected chi connectivity index (χ0v) is 9.01. The van der Waals surface area contributed by atoms with Crippen LogP contribution in [-0.2, 0) is 9.53 Å². The van der Waals surface area contributed by atoms with Crippen molar-refractivity contribution in [1.82, 2.24) is 10.2 Å². The van der Waals surface area contributed by atoms with E-state index in [2.05, 4.69) is 10.1 Å². The Bertz CT molecular complexity index is 239. The molecule has 16 heavy (non-hydrogen) atoms. The summed E-state index contributed by atoms with van der Waals surface area (Å²) in [6, 6.07) is -1.73. The van der Waals surface area contributed by atoms with Crippen LogP contribution in [0.3, 0.4) is 0 Å². The van der Waals surface area contributed by atoms with Crippen LogP contribution in [0.1, 0.15) is 6.42 Å². The van der Waals surface area contributed by atoms with Gasteiger partial charge in [0.25, 0.3) is 0 Å². The first kappa shape index (κ1) is 13.2. The number of carbonyl (C=O) groups excluding carboxylic acids is 1. The van der Waals surface area contributed by atoms with Crippen LogP contribution < -0.4 is 5.32 Å². The predicted octanol–water partition coefficient (Wildman–Crippen LogP) is 0.386. The number of carbonyl (C=O) groups is 1. The molecule has 0 amide bonds. The monoisotopic (exact) mass is 240 g/mol. The summed E-state index contributed by atoms with van der Waals surface area (Å²) >= 11 is 0. The molecule has 1 aliphatic rings. The fraction of sp³-hybridized carbons (Fsp3) is 0.889. The summed E-state index contributed by atoms with van der Waals surface area (Å²) in [7, 11) is 1.09. The minimum atomic E-state index is -4.40. The summed E-state index contributed by atoms with van der Waals surface area (Å²) in [5.41, 5.74) is 0. The van der Waals surface area contributed by atoms with Crippen molar-refractivity contribution in [3.8, 4) is 0 Å². The number of esters is 1. The molecule has 4 nitrogen and oxygen atoms in total. The second-order valence-corrected chi connectivity index (χ2v) is 3.62. The summed E-state index contributed by atoms with van der Waals surface area (Å²) in [6.45, 7) is 1.60. The molecule has 1 rings (SSSR count). The van der Waals surface area contributed by atoms with Crippen LogP contribution in [0.4, 0.5) is 13.2 Å². The van der Waals surface area contributed by atoms with Gasteiger partial charge in [-0.3, -0.25) is 9.69 Å². The van der Waals surface area contributed by atoms with Crippen LogP contribution in [0.2, 0.25) is 0 Å². The molecule has 7 heteroatoms. The molecule has 1 unspecified atom stereocenters. The highest BCUT2D eigenvalue weighted by Gasteiger charge is 2.45. The first-order valence-corrected chi connectivity index (χ1v) is 5.03. The third kappa shape index (κ3) is 3.64. The third-order valence-electron chi connectivity index (χ3n) is 2.56. The minimum Gasteiger partial charge on any atom is -0.469 e. The average molecular weight is 240 g/mol. The maximum absolute atomic E-state index is 12.7. The van der Waals surface area contributed by atoms with E-state index < -0.39 is 24.6 Å². The summed E-state index contributed by atoms with van der Waals surface area (Å²) in [4.78, 5) is 12.2. The number of ether oxygens (including phenoxy) is 1. The van der Waals surface area contributed by atoms with E-state index in [0.29, 0.717) is 26.2 Å². The van der Waals surface area contributed by atoms with Crippen molar-refractivity contribution in [3.05, 3.63) is 0 Å². The number of alkyl halides is 3. The molecule has 1 atom stereocenters. The van der Waals surface area contributed by atoms with E-state index in [9.17, 15) is 18.0 Å². The van der Waals surface area contributed by atoms with Gasteiger partial charge in [-0.25, -0.2) is 0 Å². The summed E-state index contributed by atoms with van der Waals surface area (Å²) in [5, 5.41) is 2.96. The average Bonchev–Trinajstić information content (AvgIpc) is 2.25. The highest BCUT2D eigenvalue weighted by atomic mass is 19.4. The number of nitrogens with one attached hydrogen (secondary N) is 1. The Morgan fingerprint density at radius 1 is 1.44 bits per heavy atom. The molecule has 0 radical (unpaired) electrons. The van der Waals surface area contributed by atoms with Gasteiger partial charge in [0.05, 0.1) is 13.5 Å². The van der Waals surface area contributed by atoms with E-state index in [-0.39, 0.29) is 0 Å². The maximum atomic E-state index is 12.7. The fourth-order valence-electron chi connectivity index (χ4n) is 1.69. The van der Waals surface area contributed by atoms with Crippen molar-refractivity contribution in [2.24, 2.45) is 0 Å². The Morgan fingerprint density at radius 2 is 2.00 bits per heavy atom. The second-order valence-electron chi connectivity index (χ2n) is 3.62. The second kappa shape index (κ2) is 5.49. The highest BCUT2D eigenvalue weighted by Crippen LogP contribution is 2.27. The fourth-order valence-corrected chi connectivity index (χ4v) is 1.69. The van der Waals surface area contributed by atoms with Crippen LogP contribution in [0.5, 0.6) is 0 Å². The van der Waals surface area contributed by atoms with Crippen molar-refractivity contribution < 1.29 is 22.7 Å². The molecule has 0 saturated carbocycles. The number of rotatable bonds is 3. The van der Waals surface area contributed by atoms with Crippen LogP contribution in [-0.4, -0.2) is 56.4 Å². The molecule has 1 N–H and O–H groups in total. The Hall–Kier alpha value is -0.820. The van der Waals surface area contributed by atoms with Crippen LogP contribution in [0, 0.1) is 0 Å². The Morgan fingerprint density at radius 3 is 2.44 bits per heavy atom. The smallest absolute Gasteiger partial charge is 0.404 e. The van der Waals surface area contributed by atoms with Gasteiger partial charge >= 0.3 is 12.1 Å². The van der Waals surface area contributed by atoms with Gasteiger partial charge in [-0.15, -0.1) is 0 Å². The van der Waals surface area contributed by atoms with Crippen LogP contribution in [0.25, 0.3) is 0 Å². The number of piperazine rings is 1. The Kier molecular flexibility index (Phi) is 4.55. The van der Waals surface area contributed by atoms with E-state index in [1.807, 2.05) is 0 Å². The molecule has 94 valence electrons. The molecule has 0 aromatic heterocycles. The lowest BCUT2D eigenvalue weighted by Crippen LogP contribution is -2.54. The molecule has 0 aromatic carbocycles. The van der Waals surface area contributed by atoms with Gasteiger partial charge in [0.15, 0.2) is 0 Å². The van der Waals surface area contributed by atoms with Crippen molar-refractivity contribution in [3.63, 3.8) is 0 Å². The molecule has 1 saturated heterocycles. The molecule has 1 heterocycles. The van der Waals surface area contributed by atoms with Gasteiger partial charge < -0.3 is 10.1 Å². The Balaban J connectivity index is 2.66. The highest BCUT2D eigenvalue weighted by molar-refractivity contribution is 5.70. The SMILES string of the molecule is COC(=O)CC(N1CCNCC1)C(F)(F)F. The van der Waals surface area contributed by atoms with Gasteiger partial charge in [0, 0.05) is 26.2 Å². The molecule has 0 bridgehead atoms. The minimum absolute atomic E-state index is 0.293. The molecule has 0 aliphatic carbocycles. The standard InChI is InChI=1S/C9H15F3N2O2/c1-16-8(15)6-7(9(10,11)12)14-4-2-13-3-5-14/h7,13H,2-6H2,1H3. The Labute approximate surface area is 91.7 Å². The van der Waals surface area contributed by atoms with E-state index in [0.717, 1.165) is 7.11 Å². The summed E-state index contributed by atoms with van der Waals surface area (Å²) < 4.78 is 42.5. The van der Waals surface area contributed by atoms with Gasteiger partial charge in [-0.1, -0.05) is 0 Å².